The van der Waals surface area contributed by atoms with Crippen LogP contribution in [-0.2, 0) is 0 Å². The van der Waals surface area contributed by atoms with Crippen molar-refractivity contribution in [3.05, 3.63) is 107 Å². The number of nitrogens with zero attached hydrogens (tertiary/aromatic N) is 3. The third-order valence-corrected chi connectivity index (χ3v) is 5.77. The first-order chi connectivity index (χ1) is 15.7. The van der Waals surface area contributed by atoms with E-state index in [4.69, 9.17) is 22.9 Å². The Bertz CT molecular complexity index is 1530. The smallest absolute Gasteiger partial charge is 0.206 e. The molecule has 152 valence electrons. The van der Waals surface area contributed by atoms with Gasteiger partial charge in [-0.25, -0.2) is 4.98 Å². The van der Waals surface area contributed by atoms with Gasteiger partial charge in [0, 0.05) is 11.3 Å². The molecule has 32 heavy (non-hydrogen) atoms. The summed E-state index contributed by atoms with van der Waals surface area (Å²) in [6.45, 7) is 0. The quantitative estimate of drug-likeness (QED) is 0.330. The fourth-order valence-electron chi connectivity index (χ4n) is 4.03. The molecule has 0 spiro atoms. The van der Waals surface area contributed by atoms with Crippen molar-refractivity contribution in [2.24, 2.45) is 0 Å². The lowest BCUT2D eigenvalue weighted by atomic mass is 9.91. The van der Waals surface area contributed by atoms with Gasteiger partial charge in [-0.05, 0) is 47.1 Å². The lowest BCUT2D eigenvalue weighted by molar-refractivity contribution is 0.994. The average Bonchev–Trinajstić information content (AvgIpc) is 2.84. The molecule has 0 aliphatic heterocycles. The molecule has 4 aromatic carbocycles. The zero-order chi connectivity index (χ0) is 22.1. The van der Waals surface area contributed by atoms with Crippen molar-refractivity contribution in [1.82, 2.24) is 9.55 Å². The third kappa shape index (κ3) is 3.24. The minimum absolute atomic E-state index is 0.307. The summed E-state index contributed by atoms with van der Waals surface area (Å²) in [5, 5.41) is 10.8. The number of para-hydroxylation sites is 1. The first kappa shape index (κ1) is 19.7. The van der Waals surface area contributed by atoms with Gasteiger partial charge in [0.15, 0.2) is 0 Å². The Balaban J connectivity index is 1.97. The van der Waals surface area contributed by atoms with Crippen molar-refractivity contribution in [2.45, 2.75) is 0 Å². The molecule has 1 heterocycles. The summed E-state index contributed by atoms with van der Waals surface area (Å²) in [4.78, 5) is 4.73. The van der Waals surface area contributed by atoms with Crippen LogP contribution in [0.3, 0.4) is 0 Å². The fraction of sp³-hybridized carbons (Fsp3) is 0. The SMILES string of the molecule is N#Cc1c(-c2ccccc2)cc(-c2ccccc2)c2c(N)n(-c3ccccc3)c(=S)nc12. The van der Waals surface area contributed by atoms with E-state index in [1.54, 1.807) is 4.57 Å². The van der Waals surface area contributed by atoms with Gasteiger partial charge in [-0.3, -0.25) is 4.57 Å². The van der Waals surface area contributed by atoms with Gasteiger partial charge in [-0.2, -0.15) is 5.26 Å². The molecule has 0 fully saturated rings. The first-order valence-corrected chi connectivity index (χ1v) is 10.6. The Hall–Kier alpha value is -4.27. The first-order valence-electron chi connectivity index (χ1n) is 10.1. The second-order valence-electron chi connectivity index (χ2n) is 7.36. The maximum Gasteiger partial charge on any atom is 0.206 e. The molecule has 0 amide bonds. The van der Waals surface area contributed by atoms with Crippen LogP contribution < -0.4 is 5.73 Å². The fourth-order valence-corrected chi connectivity index (χ4v) is 4.33. The maximum absolute atomic E-state index is 10.1. The Morgan fingerprint density at radius 2 is 1.31 bits per heavy atom. The Labute approximate surface area is 190 Å². The lowest BCUT2D eigenvalue weighted by Gasteiger charge is -2.18. The zero-order valence-corrected chi connectivity index (χ0v) is 17.9. The Morgan fingerprint density at radius 3 is 1.88 bits per heavy atom. The van der Waals surface area contributed by atoms with Crippen molar-refractivity contribution in [3.63, 3.8) is 0 Å². The molecule has 0 saturated heterocycles. The van der Waals surface area contributed by atoms with Gasteiger partial charge < -0.3 is 5.73 Å². The lowest BCUT2D eigenvalue weighted by Crippen LogP contribution is -2.09. The van der Waals surface area contributed by atoms with E-state index in [2.05, 4.69) is 6.07 Å². The van der Waals surface area contributed by atoms with Crippen LogP contribution in [0.1, 0.15) is 5.56 Å². The maximum atomic E-state index is 10.1. The summed E-state index contributed by atoms with van der Waals surface area (Å²) in [5.41, 5.74) is 12.2. The van der Waals surface area contributed by atoms with E-state index in [1.165, 1.54) is 0 Å². The molecule has 0 aliphatic carbocycles. The van der Waals surface area contributed by atoms with E-state index in [0.29, 0.717) is 27.1 Å². The van der Waals surface area contributed by atoms with Gasteiger partial charge in [0.2, 0.25) is 4.77 Å². The summed E-state index contributed by atoms with van der Waals surface area (Å²) < 4.78 is 2.06. The highest BCUT2D eigenvalue weighted by Crippen LogP contribution is 2.39. The van der Waals surface area contributed by atoms with Crippen LogP contribution in [0.2, 0.25) is 0 Å². The van der Waals surface area contributed by atoms with Gasteiger partial charge in [0.25, 0.3) is 0 Å². The monoisotopic (exact) mass is 430 g/mol. The summed E-state index contributed by atoms with van der Waals surface area (Å²) in [6.07, 6.45) is 0. The van der Waals surface area contributed by atoms with Crippen LogP contribution in [0.25, 0.3) is 38.8 Å². The number of rotatable bonds is 3. The zero-order valence-electron chi connectivity index (χ0n) is 17.1. The van der Waals surface area contributed by atoms with Crippen LogP contribution in [-0.4, -0.2) is 9.55 Å². The van der Waals surface area contributed by atoms with Gasteiger partial charge in [-0.1, -0.05) is 78.9 Å². The van der Waals surface area contributed by atoms with Crippen LogP contribution in [0, 0.1) is 16.1 Å². The van der Waals surface area contributed by atoms with E-state index in [-0.39, 0.29) is 0 Å². The molecule has 1 aromatic heterocycles. The van der Waals surface area contributed by atoms with E-state index < -0.39 is 0 Å². The highest BCUT2D eigenvalue weighted by molar-refractivity contribution is 7.71. The van der Waals surface area contributed by atoms with Crippen molar-refractivity contribution < 1.29 is 0 Å². The average molecular weight is 431 g/mol. The molecular formula is C27H18N4S. The molecule has 0 radical (unpaired) electrons. The molecule has 5 rings (SSSR count). The summed E-state index contributed by atoms with van der Waals surface area (Å²) in [6, 6.07) is 33.9. The van der Waals surface area contributed by atoms with Crippen LogP contribution >= 0.6 is 12.2 Å². The van der Waals surface area contributed by atoms with Gasteiger partial charge in [0.1, 0.15) is 11.9 Å². The molecule has 2 N–H and O–H groups in total. The number of nitrogens with two attached hydrogens (primary N) is 1. The predicted molar refractivity (Wildman–Crippen MR) is 132 cm³/mol. The normalized spacial score (nSPS) is 10.7. The Kier molecular flexibility index (Phi) is 4.98. The number of fused-ring (bicyclic) bond motifs is 1. The van der Waals surface area contributed by atoms with Crippen LogP contribution in [0.15, 0.2) is 97.1 Å². The number of anilines is 1. The molecular weight excluding hydrogens is 412 g/mol. The molecule has 0 saturated carbocycles. The topological polar surface area (TPSA) is 67.6 Å². The molecule has 4 nitrogen and oxygen atoms in total. The second kappa shape index (κ2) is 8.10. The second-order valence-corrected chi connectivity index (χ2v) is 7.73. The summed E-state index contributed by atoms with van der Waals surface area (Å²) in [5.74, 6) is 0.459. The van der Waals surface area contributed by atoms with Crippen LogP contribution in [0.5, 0.6) is 0 Å². The molecule has 0 bridgehead atoms. The van der Waals surface area contributed by atoms with Gasteiger partial charge in [-0.15, -0.1) is 0 Å². The predicted octanol–water partition coefficient (Wildman–Crippen LogP) is 6.54. The molecule has 0 aliphatic rings. The van der Waals surface area contributed by atoms with E-state index in [9.17, 15) is 5.26 Å². The highest BCUT2D eigenvalue weighted by Gasteiger charge is 2.20. The van der Waals surface area contributed by atoms with E-state index >= 15 is 0 Å². The van der Waals surface area contributed by atoms with E-state index in [1.807, 2.05) is 97.1 Å². The molecule has 5 heteroatoms. The number of aromatic nitrogens is 2. The minimum Gasteiger partial charge on any atom is -0.384 e. The number of hydrogen-bond acceptors (Lipinski definition) is 4. The van der Waals surface area contributed by atoms with Crippen molar-refractivity contribution in [2.75, 3.05) is 5.73 Å². The summed E-state index contributed by atoms with van der Waals surface area (Å²) >= 11 is 5.64. The highest BCUT2D eigenvalue weighted by atomic mass is 32.1. The summed E-state index contributed by atoms with van der Waals surface area (Å²) in [7, 11) is 0. The third-order valence-electron chi connectivity index (χ3n) is 5.49. The number of hydrogen-bond donors (Lipinski definition) is 1. The van der Waals surface area contributed by atoms with Gasteiger partial charge >= 0.3 is 0 Å². The molecule has 5 aromatic rings. The van der Waals surface area contributed by atoms with Crippen molar-refractivity contribution in [1.29, 1.82) is 5.26 Å². The van der Waals surface area contributed by atoms with Gasteiger partial charge in [0.05, 0.1) is 16.5 Å². The van der Waals surface area contributed by atoms with Crippen molar-refractivity contribution in [3.8, 4) is 34.0 Å². The van der Waals surface area contributed by atoms with E-state index in [0.717, 1.165) is 27.9 Å². The largest absolute Gasteiger partial charge is 0.384 e. The number of nitrogen functional groups attached to an aromatic ring is 1. The Morgan fingerprint density at radius 1 is 0.781 bits per heavy atom. The molecule has 0 atom stereocenters. The molecule has 0 unspecified atom stereocenters. The van der Waals surface area contributed by atoms with Crippen LogP contribution in [0.4, 0.5) is 5.82 Å². The minimum atomic E-state index is 0.307. The number of nitriles is 1. The van der Waals surface area contributed by atoms with Crippen molar-refractivity contribution >= 4 is 28.9 Å². The number of benzene rings is 4. The standard InChI is InChI=1S/C27H18N4S/c28-17-23-21(18-10-4-1-5-11-18)16-22(19-12-6-2-7-13-19)24-25(23)30-27(32)31(26(24)29)20-14-8-3-9-15-20/h1-16H,29H2.